The lowest BCUT2D eigenvalue weighted by Gasteiger charge is -2.39. The summed E-state index contributed by atoms with van der Waals surface area (Å²) in [6.07, 6.45) is 0. The summed E-state index contributed by atoms with van der Waals surface area (Å²) in [5, 5.41) is 10.8. The molecule has 0 saturated carbocycles. The number of methoxy groups -OCH3 is 1. The molecule has 0 spiro atoms. The molecule has 2 amide bonds. The van der Waals surface area contributed by atoms with E-state index in [4.69, 9.17) is 37.7 Å². The lowest BCUT2D eigenvalue weighted by Crippen LogP contribution is -2.54. The van der Waals surface area contributed by atoms with Gasteiger partial charge in [-0.25, -0.2) is 4.79 Å². The van der Waals surface area contributed by atoms with Crippen LogP contribution in [0, 0.1) is 11.3 Å². The van der Waals surface area contributed by atoms with E-state index in [1.165, 1.54) is 0 Å². The number of hydrogen-bond acceptors (Lipinski definition) is 6. The lowest BCUT2D eigenvalue weighted by molar-refractivity contribution is 0.0963. The number of urea groups is 1. The van der Waals surface area contributed by atoms with Gasteiger partial charge in [-0.3, -0.25) is 14.8 Å². The number of carbonyl (C=O) groups excluding carboxylic acids is 1. The number of nitrogens with zero attached hydrogens (tertiary/aromatic N) is 5. The average molecular weight is 607 g/mol. The Kier molecular flexibility index (Phi) is 9.65. The highest BCUT2D eigenvalue weighted by Gasteiger charge is 2.45. The molecule has 0 radical (unpaired) electrons. The number of hydrogen-bond donors (Lipinski definition) is 0. The first-order valence-corrected chi connectivity index (χ1v) is 14.7. The Balaban J connectivity index is 1.62. The molecule has 0 aliphatic carbocycles. The van der Waals surface area contributed by atoms with E-state index in [1.807, 2.05) is 66.4 Å². The van der Waals surface area contributed by atoms with Crippen molar-refractivity contribution in [3.05, 3.63) is 99.0 Å². The van der Waals surface area contributed by atoms with Crippen molar-refractivity contribution >= 4 is 35.1 Å². The van der Waals surface area contributed by atoms with Crippen molar-refractivity contribution in [2.45, 2.75) is 19.0 Å². The first-order chi connectivity index (χ1) is 20.4. The molecule has 0 bridgehead atoms. The third kappa shape index (κ3) is 6.40. The zero-order valence-corrected chi connectivity index (χ0v) is 25.2. The number of ether oxygens (including phenoxy) is 2. The maximum absolute atomic E-state index is 14.6. The fourth-order valence-corrected chi connectivity index (χ4v) is 5.69. The lowest BCUT2D eigenvalue weighted by atomic mass is 9.93. The Hall–Kier alpha value is -3.61. The van der Waals surface area contributed by atoms with Gasteiger partial charge < -0.3 is 14.4 Å². The van der Waals surface area contributed by atoms with E-state index in [2.05, 4.69) is 11.0 Å². The van der Waals surface area contributed by atoms with Crippen LogP contribution in [0.2, 0.25) is 10.0 Å². The van der Waals surface area contributed by atoms with E-state index in [0.717, 1.165) is 30.8 Å². The summed E-state index contributed by atoms with van der Waals surface area (Å²) in [5.74, 6) is 0.999. The van der Waals surface area contributed by atoms with E-state index < -0.39 is 12.1 Å². The smallest absolute Gasteiger partial charge is 0.326 e. The molecule has 2 aliphatic heterocycles. The number of carbonyl (C=O) groups is 1. The fraction of sp³-hybridized carbons (Fsp3) is 0.344. The van der Waals surface area contributed by atoms with Crippen molar-refractivity contribution in [2.75, 3.05) is 53.0 Å². The van der Waals surface area contributed by atoms with Gasteiger partial charge in [-0.15, -0.1) is 0 Å². The van der Waals surface area contributed by atoms with Crippen LogP contribution in [0.15, 0.2) is 71.7 Å². The first-order valence-electron chi connectivity index (χ1n) is 14.0. The summed E-state index contributed by atoms with van der Waals surface area (Å²) in [6, 6.07) is 21.5. The molecule has 0 N–H and O–H groups in total. The number of rotatable bonds is 8. The highest BCUT2D eigenvalue weighted by atomic mass is 35.5. The minimum Gasteiger partial charge on any atom is -0.493 e. The van der Waals surface area contributed by atoms with Crippen molar-refractivity contribution in [2.24, 2.45) is 4.99 Å². The van der Waals surface area contributed by atoms with Gasteiger partial charge in [-0.05, 0) is 60.5 Å². The van der Waals surface area contributed by atoms with E-state index in [-0.39, 0.29) is 6.03 Å². The predicted octanol–water partition coefficient (Wildman–Crippen LogP) is 6.19. The zero-order valence-electron chi connectivity index (χ0n) is 23.7. The molecule has 0 aromatic heterocycles. The second-order valence-electron chi connectivity index (χ2n) is 10.2. The molecule has 218 valence electrons. The van der Waals surface area contributed by atoms with Crippen molar-refractivity contribution in [1.29, 1.82) is 5.26 Å². The standard InChI is InChI=1S/C32H33Cl2N5O3/c1-3-42-28-20-22(21-35)4-13-27(28)31-36-29(23-5-9-25(33)10-6-23)30(24-7-11-26(34)12-8-24)39(31)32(40)38-16-14-37(15-17-38)18-19-41-2/h4-13,20,29-30H,3,14-19H2,1-2H3/t29-,30+/m0/s1. The normalized spacial score (nSPS) is 19.0. The summed E-state index contributed by atoms with van der Waals surface area (Å²) in [7, 11) is 1.70. The Morgan fingerprint density at radius 3 is 2.21 bits per heavy atom. The van der Waals surface area contributed by atoms with Gasteiger partial charge in [-0.1, -0.05) is 47.5 Å². The average Bonchev–Trinajstić information content (AvgIpc) is 3.41. The molecule has 2 heterocycles. The fourth-order valence-electron chi connectivity index (χ4n) is 5.44. The minimum absolute atomic E-state index is 0.136. The van der Waals surface area contributed by atoms with Crippen molar-refractivity contribution in [3.63, 3.8) is 0 Å². The molecule has 3 aromatic rings. The Bertz CT molecular complexity index is 1460. The van der Waals surface area contributed by atoms with Gasteiger partial charge in [0.2, 0.25) is 0 Å². The Labute approximate surface area is 256 Å². The van der Waals surface area contributed by atoms with Crippen LogP contribution in [0.1, 0.15) is 41.3 Å². The number of piperazine rings is 1. The monoisotopic (exact) mass is 605 g/mol. The maximum Gasteiger partial charge on any atom is 0.326 e. The molecule has 0 unspecified atom stereocenters. The Morgan fingerprint density at radius 1 is 0.976 bits per heavy atom. The second-order valence-corrected chi connectivity index (χ2v) is 11.0. The van der Waals surface area contributed by atoms with Crippen molar-refractivity contribution in [3.8, 4) is 11.8 Å². The van der Waals surface area contributed by atoms with Crippen molar-refractivity contribution in [1.82, 2.24) is 14.7 Å². The summed E-state index contributed by atoms with van der Waals surface area (Å²) >= 11 is 12.5. The highest BCUT2D eigenvalue weighted by Crippen LogP contribution is 2.45. The van der Waals surface area contributed by atoms with Crippen LogP contribution in [0.4, 0.5) is 4.79 Å². The molecule has 3 aromatic carbocycles. The number of amidine groups is 1. The molecule has 8 nitrogen and oxygen atoms in total. The van der Waals surface area contributed by atoms with E-state index >= 15 is 0 Å². The SMILES string of the molecule is CCOc1cc(C#N)ccc1C1=N[C@@H](c2ccc(Cl)cc2)[C@@H](c2ccc(Cl)cc2)N1C(=O)N1CCN(CCOC)CC1. The maximum atomic E-state index is 14.6. The van der Waals surface area contributed by atoms with Gasteiger partial charge in [0.05, 0.1) is 36.5 Å². The van der Waals surface area contributed by atoms with Crippen molar-refractivity contribution < 1.29 is 14.3 Å². The van der Waals surface area contributed by atoms with Gasteiger partial charge in [0, 0.05) is 49.9 Å². The molecule has 5 rings (SSSR count). The predicted molar refractivity (Wildman–Crippen MR) is 164 cm³/mol. The minimum atomic E-state index is -0.456. The van der Waals surface area contributed by atoms with E-state index in [1.54, 1.807) is 24.1 Å². The van der Waals surface area contributed by atoms with Gasteiger partial charge in [0.15, 0.2) is 0 Å². The second kappa shape index (κ2) is 13.6. The molecular weight excluding hydrogens is 573 g/mol. The van der Waals surface area contributed by atoms with Crippen LogP contribution < -0.4 is 4.74 Å². The molecule has 42 heavy (non-hydrogen) atoms. The molecule has 2 atom stereocenters. The van der Waals surface area contributed by atoms with Crippen LogP contribution in [0.5, 0.6) is 5.75 Å². The number of amides is 2. The summed E-state index contributed by atoms with van der Waals surface area (Å²) in [6.45, 7) is 6.42. The van der Waals surface area contributed by atoms with Crippen LogP contribution in [-0.2, 0) is 4.74 Å². The van der Waals surface area contributed by atoms with Gasteiger partial charge in [0.25, 0.3) is 0 Å². The molecular formula is C32H33Cl2N5O3. The quantitative estimate of drug-likeness (QED) is 0.306. The molecule has 10 heteroatoms. The number of halogens is 2. The highest BCUT2D eigenvalue weighted by molar-refractivity contribution is 6.30. The summed E-state index contributed by atoms with van der Waals surface area (Å²) in [4.78, 5) is 25.8. The largest absolute Gasteiger partial charge is 0.493 e. The third-order valence-electron chi connectivity index (χ3n) is 7.60. The Morgan fingerprint density at radius 2 is 1.62 bits per heavy atom. The van der Waals surface area contributed by atoms with Crippen LogP contribution in [-0.4, -0.2) is 79.6 Å². The topological polar surface area (TPSA) is 81.4 Å². The van der Waals surface area contributed by atoms with Gasteiger partial charge in [0.1, 0.15) is 17.6 Å². The van der Waals surface area contributed by atoms with E-state index in [0.29, 0.717) is 59.1 Å². The van der Waals surface area contributed by atoms with E-state index in [9.17, 15) is 10.1 Å². The van der Waals surface area contributed by atoms with Gasteiger partial charge >= 0.3 is 6.03 Å². The molecule has 2 aliphatic rings. The number of aliphatic imine (C=N–C) groups is 1. The van der Waals surface area contributed by atoms with Crippen LogP contribution in [0.25, 0.3) is 0 Å². The van der Waals surface area contributed by atoms with Crippen LogP contribution >= 0.6 is 23.2 Å². The summed E-state index contributed by atoms with van der Waals surface area (Å²) in [5.41, 5.74) is 2.94. The molecule has 1 fully saturated rings. The van der Waals surface area contributed by atoms with Crippen LogP contribution in [0.3, 0.4) is 0 Å². The number of nitriles is 1. The molecule has 1 saturated heterocycles. The third-order valence-corrected chi connectivity index (χ3v) is 8.11. The summed E-state index contributed by atoms with van der Waals surface area (Å²) < 4.78 is 11.2. The number of benzene rings is 3. The van der Waals surface area contributed by atoms with Gasteiger partial charge in [-0.2, -0.15) is 5.26 Å². The first kappa shape index (κ1) is 29.9. The zero-order chi connectivity index (χ0) is 29.6.